The van der Waals surface area contributed by atoms with Crippen LogP contribution in [0.25, 0.3) is 22.9 Å². The van der Waals surface area contributed by atoms with Crippen molar-refractivity contribution in [2.24, 2.45) is 5.73 Å². The summed E-state index contributed by atoms with van der Waals surface area (Å²) in [6.45, 7) is 0. The van der Waals surface area contributed by atoms with E-state index in [0.717, 1.165) is 27.6 Å². The lowest BCUT2D eigenvalue weighted by atomic mass is 10.1. The van der Waals surface area contributed by atoms with Gasteiger partial charge in [0.15, 0.2) is 0 Å². The first-order valence-electron chi connectivity index (χ1n) is 7.41. The first-order valence-corrected chi connectivity index (χ1v) is 7.41. The molecule has 3 aromatic rings. The molecule has 0 aliphatic heterocycles. The molecule has 0 radical (unpaired) electrons. The Hall–Kier alpha value is -3.47. The predicted octanol–water partition coefficient (Wildman–Crippen LogP) is 3.21. The molecule has 0 atom stereocenters. The number of anilines is 1. The van der Waals surface area contributed by atoms with E-state index in [2.05, 4.69) is 15.3 Å². The van der Waals surface area contributed by atoms with Crippen molar-refractivity contribution in [2.75, 3.05) is 5.32 Å². The molecule has 0 bridgehead atoms. The summed E-state index contributed by atoms with van der Waals surface area (Å²) in [5.41, 5.74) is 7.87. The van der Waals surface area contributed by atoms with Gasteiger partial charge in [0.2, 0.25) is 5.91 Å². The zero-order valence-electron chi connectivity index (χ0n) is 12.9. The number of rotatable bonds is 4. The van der Waals surface area contributed by atoms with Crippen molar-refractivity contribution in [1.29, 1.82) is 0 Å². The van der Waals surface area contributed by atoms with E-state index in [1.165, 1.54) is 12.3 Å². The second kappa shape index (κ2) is 7.19. The van der Waals surface area contributed by atoms with Crippen molar-refractivity contribution in [2.45, 2.75) is 0 Å². The third kappa shape index (κ3) is 3.64. The Kier molecular flexibility index (Phi) is 4.62. The fourth-order valence-corrected chi connectivity index (χ4v) is 2.32. The van der Waals surface area contributed by atoms with Crippen molar-refractivity contribution in [3.8, 4) is 0 Å². The first-order chi connectivity index (χ1) is 11.8. The van der Waals surface area contributed by atoms with Crippen LogP contribution in [0.4, 0.5) is 5.69 Å². The molecule has 0 unspecified atom stereocenters. The number of carbonyl (C=O) groups is 1. The fourth-order valence-electron chi connectivity index (χ4n) is 2.32. The number of fused-ring (bicyclic) bond motifs is 1. The Bertz CT molecular complexity index is 931. The third-order valence-corrected chi connectivity index (χ3v) is 3.49. The second-order valence-corrected chi connectivity index (χ2v) is 5.12. The van der Waals surface area contributed by atoms with Crippen molar-refractivity contribution in [1.82, 2.24) is 9.97 Å². The third-order valence-electron chi connectivity index (χ3n) is 3.49. The van der Waals surface area contributed by atoms with Gasteiger partial charge in [0.05, 0.1) is 0 Å². The van der Waals surface area contributed by atoms with Crippen LogP contribution in [0.1, 0.15) is 11.1 Å². The lowest BCUT2D eigenvalue weighted by Crippen LogP contribution is -2.07. The van der Waals surface area contributed by atoms with Crippen LogP contribution in [0.15, 0.2) is 67.4 Å². The van der Waals surface area contributed by atoms with Gasteiger partial charge in [0, 0.05) is 47.5 Å². The molecule has 5 nitrogen and oxygen atoms in total. The molecule has 2 aromatic heterocycles. The highest BCUT2D eigenvalue weighted by atomic mass is 16.1. The highest BCUT2D eigenvalue weighted by Gasteiger charge is 2.01. The fraction of sp³-hybridized carbons (Fsp3) is 0. The minimum Gasteiger partial charge on any atom is -0.405 e. The predicted molar refractivity (Wildman–Crippen MR) is 96.9 cm³/mol. The van der Waals surface area contributed by atoms with Gasteiger partial charge >= 0.3 is 0 Å². The van der Waals surface area contributed by atoms with Crippen LogP contribution in [-0.4, -0.2) is 15.9 Å². The number of hydrogen-bond acceptors (Lipinski definition) is 4. The zero-order valence-corrected chi connectivity index (χ0v) is 12.9. The van der Waals surface area contributed by atoms with Gasteiger partial charge in [-0.2, -0.15) is 0 Å². The number of nitrogens with zero attached hydrogens (tertiary/aromatic N) is 2. The Morgan fingerprint density at radius 3 is 2.67 bits per heavy atom. The van der Waals surface area contributed by atoms with Crippen molar-refractivity contribution in [3.63, 3.8) is 0 Å². The zero-order chi connectivity index (χ0) is 16.8. The largest absolute Gasteiger partial charge is 0.405 e. The summed E-state index contributed by atoms with van der Waals surface area (Å²) in [5, 5.41) is 4.90. The molecule has 5 heteroatoms. The summed E-state index contributed by atoms with van der Waals surface area (Å²) in [6.07, 6.45) is 13.3. The molecule has 0 aliphatic carbocycles. The van der Waals surface area contributed by atoms with E-state index >= 15 is 0 Å². The molecule has 0 fully saturated rings. The molecule has 24 heavy (non-hydrogen) atoms. The maximum atomic E-state index is 12.1. The van der Waals surface area contributed by atoms with E-state index in [9.17, 15) is 4.79 Å². The quantitative estimate of drug-likeness (QED) is 0.724. The molecule has 118 valence electrons. The van der Waals surface area contributed by atoms with E-state index in [0.29, 0.717) is 0 Å². The molecule has 0 spiro atoms. The standard InChI is InChI=1S/C19H16N4O/c20-8-5-14-6-9-21-12-16(14)2-4-19(24)23-18-3-1-17-13-22-10-7-15(17)11-18/h1-13H,20H2,(H,23,24)/b4-2+,8-5+. The summed E-state index contributed by atoms with van der Waals surface area (Å²) in [5.74, 6) is -0.213. The highest BCUT2D eigenvalue weighted by Crippen LogP contribution is 2.18. The minimum absolute atomic E-state index is 0.213. The van der Waals surface area contributed by atoms with E-state index in [-0.39, 0.29) is 5.91 Å². The molecule has 0 saturated carbocycles. The number of carbonyl (C=O) groups excluding carboxylic acids is 1. The number of aromatic nitrogens is 2. The van der Waals surface area contributed by atoms with Gasteiger partial charge in [-0.05, 0) is 53.6 Å². The van der Waals surface area contributed by atoms with Crippen LogP contribution in [-0.2, 0) is 4.79 Å². The topological polar surface area (TPSA) is 80.9 Å². The number of nitrogens with two attached hydrogens (primary N) is 1. The summed E-state index contributed by atoms with van der Waals surface area (Å²) in [7, 11) is 0. The number of nitrogens with one attached hydrogen (secondary N) is 1. The lowest BCUT2D eigenvalue weighted by molar-refractivity contribution is -0.111. The maximum Gasteiger partial charge on any atom is 0.248 e. The molecule has 1 aromatic carbocycles. The lowest BCUT2D eigenvalue weighted by Gasteiger charge is -2.04. The summed E-state index contributed by atoms with van der Waals surface area (Å²) >= 11 is 0. The molecule has 0 aliphatic rings. The normalized spacial score (nSPS) is 11.3. The minimum atomic E-state index is -0.213. The van der Waals surface area contributed by atoms with Gasteiger partial charge in [0.25, 0.3) is 0 Å². The van der Waals surface area contributed by atoms with Crippen LogP contribution < -0.4 is 11.1 Å². The Balaban J connectivity index is 1.75. The molecular weight excluding hydrogens is 300 g/mol. The number of benzene rings is 1. The van der Waals surface area contributed by atoms with Crippen LogP contribution in [0.2, 0.25) is 0 Å². The Morgan fingerprint density at radius 2 is 1.79 bits per heavy atom. The average Bonchev–Trinajstić information content (AvgIpc) is 2.61. The van der Waals surface area contributed by atoms with Crippen molar-refractivity contribution >= 4 is 34.5 Å². The average molecular weight is 316 g/mol. The van der Waals surface area contributed by atoms with Crippen molar-refractivity contribution in [3.05, 3.63) is 78.5 Å². The Labute approximate surface area is 139 Å². The van der Waals surface area contributed by atoms with Crippen LogP contribution in [0.5, 0.6) is 0 Å². The van der Waals surface area contributed by atoms with Gasteiger partial charge in [-0.15, -0.1) is 0 Å². The molecule has 3 N–H and O–H groups in total. The van der Waals surface area contributed by atoms with E-state index < -0.39 is 0 Å². The first kappa shape index (κ1) is 15.4. The van der Waals surface area contributed by atoms with Gasteiger partial charge in [-0.25, -0.2) is 0 Å². The van der Waals surface area contributed by atoms with E-state index in [4.69, 9.17) is 5.73 Å². The van der Waals surface area contributed by atoms with Gasteiger partial charge in [-0.1, -0.05) is 6.07 Å². The number of hydrogen-bond donors (Lipinski definition) is 2. The van der Waals surface area contributed by atoms with E-state index in [1.807, 2.05) is 30.3 Å². The molecule has 0 saturated heterocycles. The monoisotopic (exact) mass is 316 g/mol. The van der Waals surface area contributed by atoms with Gasteiger partial charge in [-0.3, -0.25) is 14.8 Å². The van der Waals surface area contributed by atoms with Gasteiger partial charge < -0.3 is 11.1 Å². The molecule has 3 rings (SSSR count). The van der Waals surface area contributed by atoms with Gasteiger partial charge in [0.1, 0.15) is 0 Å². The number of amides is 1. The highest BCUT2D eigenvalue weighted by molar-refractivity contribution is 6.03. The molecule has 1 amide bonds. The second-order valence-electron chi connectivity index (χ2n) is 5.12. The SMILES string of the molecule is N/C=C/c1ccncc1/C=C/C(=O)Nc1ccc2cnccc2c1. The van der Waals surface area contributed by atoms with Crippen LogP contribution >= 0.6 is 0 Å². The molecule has 2 heterocycles. The smallest absolute Gasteiger partial charge is 0.248 e. The Morgan fingerprint density at radius 1 is 0.958 bits per heavy atom. The van der Waals surface area contributed by atoms with Crippen LogP contribution in [0, 0.1) is 0 Å². The summed E-state index contributed by atoms with van der Waals surface area (Å²) in [4.78, 5) is 20.2. The summed E-state index contributed by atoms with van der Waals surface area (Å²) in [6, 6.07) is 9.42. The van der Waals surface area contributed by atoms with Crippen LogP contribution in [0.3, 0.4) is 0 Å². The number of pyridine rings is 2. The maximum absolute atomic E-state index is 12.1. The summed E-state index contributed by atoms with van der Waals surface area (Å²) < 4.78 is 0. The van der Waals surface area contributed by atoms with E-state index in [1.54, 1.807) is 36.9 Å². The molecular formula is C19H16N4O. The van der Waals surface area contributed by atoms with Crippen molar-refractivity contribution < 1.29 is 4.79 Å².